The van der Waals surface area contributed by atoms with E-state index in [0.29, 0.717) is 0 Å². The molecule has 5 rings (SSSR count). The fourth-order valence-electron chi connectivity index (χ4n) is 4.40. The van der Waals surface area contributed by atoms with Gasteiger partial charge < -0.3 is 0 Å². The molecular weight excluding hydrogens is 368 g/mol. The highest BCUT2D eigenvalue weighted by Crippen LogP contribution is 2.33. The van der Waals surface area contributed by atoms with E-state index in [-0.39, 0.29) is 5.41 Å². The van der Waals surface area contributed by atoms with E-state index in [1.165, 1.54) is 16.7 Å². The highest BCUT2D eigenvalue weighted by atomic mass is 15.1. The molecule has 3 heterocycles. The van der Waals surface area contributed by atoms with Crippen LogP contribution in [0.1, 0.15) is 43.2 Å². The second-order valence-corrected chi connectivity index (χ2v) is 9.29. The Morgan fingerprint density at radius 3 is 2.20 bits per heavy atom. The van der Waals surface area contributed by atoms with Crippen LogP contribution in [0.3, 0.4) is 0 Å². The number of para-hydroxylation sites is 2. The lowest BCUT2D eigenvalue weighted by Crippen LogP contribution is -2.14. The lowest BCUT2D eigenvalue weighted by atomic mass is 9.91. The number of aromatic nitrogens is 4. The van der Waals surface area contributed by atoms with Gasteiger partial charge in [0.05, 0.1) is 16.4 Å². The van der Waals surface area contributed by atoms with Crippen molar-refractivity contribution in [2.24, 2.45) is 0 Å². The van der Waals surface area contributed by atoms with E-state index in [1.54, 1.807) is 0 Å². The Labute approximate surface area is 176 Å². The van der Waals surface area contributed by atoms with Gasteiger partial charge in [0.2, 0.25) is 0 Å². The molecule has 0 bridgehead atoms. The van der Waals surface area contributed by atoms with Crippen molar-refractivity contribution in [1.29, 1.82) is 0 Å². The molecule has 0 N–H and O–H groups in total. The van der Waals surface area contributed by atoms with Gasteiger partial charge in [0.15, 0.2) is 11.3 Å². The van der Waals surface area contributed by atoms with Gasteiger partial charge in [0.1, 0.15) is 5.82 Å². The third-order valence-electron chi connectivity index (χ3n) is 5.77. The Hall–Kier alpha value is -3.27. The van der Waals surface area contributed by atoms with E-state index in [0.717, 1.165) is 44.8 Å². The van der Waals surface area contributed by atoms with Crippen molar-refractivity contribution in [1.82, 2.24) is 19.4 Å². The van der Waals surface area contributed by atoms with Crippen molar-refractivity contribution in [2.45, 2.75) is 47.0 Å². The summed E-state index contributed by atoms with van der Waals surface area (Å²) in [6, 6.07) is 16.9. The number of rotatable bonds is 1. The molecule has 3 aromatic heterocycles. The molecule has 4 nitrogen and oxygen atoms in total. The van der Waals surface area contributed by atoms with Crippen LogP contribution in [0, 0.1) is 20.8 Å². The summed E-state index contributed by atoms with van der Waals surface area (Å²) in [6.45, 7) is 13.0. The van der Waals surface area contributed by atoms with Gasteiger partial charge in [-0.15, -0.1) is 0 Å². The largest absolute Gasteiger partial charge is 0.276 e. The molecule has 4 heteroatoms. The average molecular weight is 395 g/mol. The lowest BCUT2D eigenvalue weighted by molar-refractivity contribution is 0.571. The standard InChI is InChI=1S/C26H26N4/c1-15-13-16(2)22(17(3)14-15)25-29-23-18(11-12-21(28-23)26(4,5)6)24-27-19-9-7-8-10-20(19)30(24)25/h7-14H,1-6H3. The minimum Gasteiger partial charge on any atom is -0.276 e. The van der Waals surface area contributed by atoms with Crippen LogP contribution in [0.5, 0.6) is 0 Å². The van der Waals surface area contributed by atoms with Gasteiger partial charge >= 0.3 is 0 Å². The average Bonchev–Trinajstić information content (AvgIpc) is 3.06. The first-order valence-electron chi connectivity index (χ1n) is 10.4. The third kappa shape index (κ3) is 2.78. The van der Waals surface area contributed by atoms with Gasteiger partial charge in [-0.2, -0.15) is 0 Å². The fraction of sp³-hybridized carbons (Fsp3) is 0.269. The molecule has 0 aliphatic rings. The molecular formula is C26H26N4. The summed E-state index contributed by atoms with van der Waals surface area (Å²) in [4.78, 5) is 15.1. The number of hydrogen-bond acceptors (Lipinski definition) is 3. The van der Waals surface area contributed by atoms with Crippen LogP contribution in [0.4, 0.5) is 0 Å². The second-order valence-electron chi connectivity index (χ2n) is 9.29. The maximum atomic E-state index is 5.13. The Morgan fingerprint density at radius 1 is 0.800 bits per heavy atom. The summed E-state index contributed by atoms with van der Waals surface area (Å²) in [5.74, 6) is 0.903. The van der Waals surface area contributed by atoms with Crippen LogP contribution in [0.2, 0.25) is 0 Å². The SMILES string of the molecule is Cc1cc(C)c(-c2nc3nc(C(C)(C)C)ccc3c3nc4ccccc4n23)c(C)c1. The number of pyridine rings is 1. The molecule has 30 heavy (non-hydrogen) atoms. The molecule has 150 valence electrons. The molecule has 0 unspecified atom stereocenters. The molecule has 0 atom stereocenters. The van der Waals surface area contributed by atoms with Gasteiger partial charge in [0, 0.05) is 16.7 Å². The van der Waals surface area contributed by atoms with Gasteiger partial charge in [-0.3, -0.25) is 4.40 Å². The van der Waals surface area contributed by atoms with Crippen LogP contribution in [0.15, 0.2) is 48.5 Å². The molecule has 0 amide bonds. The van der Waals surface area contributed by atoms with Crippen molar-refractivity contribution in [3.05, 3.63) is 70.9 Å². The zero-order chi connectivity index (χ0) is 21.2. The first-order chi connectivity index (χ1) is 14.2. The van der Waals surface area contributed by atoms with E-state index in [1.807, 2.05) is 6.07 Å². The lowest BCUT2D eigenvalue weighted by Gasteiger charge is -2.19. The highest BCUT2D eigenvalue weighted by molar-refractivity contribution is 5.97. The number of nitrogens with zero attached hydrogens (tertiary/aromatic N) is 4. The fourth-order valence-corrected chi connectivity index (χ4v) is 4.40. The maximum Gasteiger partial charge on any atom is 0.165 e. The van der Waals surface area contributed by atoms with E-state index < -0.39 is 0 Å². The summed E-state index contributed by atoms with van der Waals surface area (Å²) >= 11 is 0. The minimum atomic E-state index is -0.0437. The summed E-state index contributed by atoms with van der Waals surface area (Å²) < 4.78 is 2.20. The smallest absolute Gasteiger partial charge is 0.165 e. The minimum absolute atomic E-state index is 0.0437. The normalized spacial score (nSPS) is 12.3. The molecule has 0 saturated carbocycles. The number of fused-ring (bicyclic) bond motifs is 5. The Balaban J connectivity index is 1.99. The van der Waals surface area contributed by atoms with Crippen LogP contribution in [0.25, 0.3) is 39.1 Å². The monoisotopic (exact) mass is 394 g/mol. The molecule has 0 fully saturated rings. The predicted molar refractivity (Wildman–Crippen MR) is 124 cm³/mol. The van der Waals surface area contributed by atoms with Crippen molar-refractivity contribution < 1.29 is 0 Å². The van der Waals surface area contributed by atoms with Crippen LogP contribution in [-0.4, -0.2) is 19.4 Å². The quantitative estimate of drug-likeness (QED) is 0.334. The first-order valence-corrected chi connectivity index (χ1v) is 10.4. The highest BCUT2D eigenvalue weighted by Gasteiger charge is 2.21. The molecule has 0 aliphatic heterocycles. The Kier molecular flexibility index (Phi) is 3.97. The Bertz CT molecular complexity index is 1430. The van der Waals surface area contributed by atoms with Gasteiger partial charge in [0.25, 0.3) is 0 Å². The zero-order valence-electron chi connectivity index (χ0n) is 18.4. The molecule has 0 radical (unpaired) electrons. The molecule has 0 spiro atoms. The van der Waals surface area contributed by atoms with Gasteiger partial charge in [-0.1, -0.05) is 50.6 Å². The summed E-state index contributed by atoms with van der Waals surface area (Å²) in [6.07, 6.45) is 0. The molecule has 2 aromatic carbocycles. The predicted octanol–water partition coefficient (Wildman–Crippen LogP) is 6.32. The van der Waals surface area contributed by atoms with Gasteiger partial charge in [-0.05, 0) is 56.2 Å². The topological polar surface area (TPSA) is 43.1 Å². The number of aryl methyl sites for hydroxylation is 3. The van der Waals surface area contributed by atoms with E-state index in [2.05, 4.69) is 88.4 Å². The molecule has 5 aromatic rings. The summed E-state index contributed by atoms with van der Waals surface area (Å²) in [5, 5.41) is 0.977. The van der Waals surface area contributed by atoms with E-state index in [4.69, 9.17) is 15.0 Å². The molecule has 0 saturated heterocycles. The van der Waals surface area contributed by atoms with Crippen LogP contribution < -0.4 is 0 Å². The van der Waals surface area contributed by atoms with Crippen molar-refractivity contribution >= 4 is 27.7 Å². The molecule has 0 aliphatic carbocycles. The third-order valence-corrected chi connectivity index (χ3v) is 5.77. The second kappa shape index (κ2) is 6.36. The van der Waals surface area contributed by atoms with Gasteiger partial charge in [-0.25, -0.2) is 15.0 Å². The first kappa shape index (κ1) is 18.7. The van der Waals surface area contributed by atoms with Crippen LogP contribution in [-0.2, 0) is 5.41 Å². The van der Waals surface area contributed by atoms with Crippen LogP contribution >= 0.6 is 0 Å². The van der Waals surface area contributed by atoms with E-state index in [9.17, 15) is 0 Å². The summed E-state index contributed by atoms with van der Waals surface area (Å²) in [7, 11) is 0. The number of benzene rings is 2. The van der Waals surface area contributed by atoms with E-state index >= 15 is 0 Å². The van der Waals surface area contributed by atoms with Crippen molar-refractivity contribution in [3.8, 4) is 11.4 Å². The Morgan fingerprint density at radius 2 is 1.50 bits per heavy atom. The summed E-state index contributed by atoms with van der Waals surface area (Å²) in [5.41, 5.74) is 9.52. The number of hydrogen-bond donors (Lipinski definition) is 0. The zero-order valence-corrected chi connectivity index (χ0v) is 18.4. The number of imidazole rings is 1. The maximum absolute atomic E-state index is 5.13. The van der Waals surface area contributed by atoms with Crippen molar-refractivity contribution in [2.75, 3.05) is 0 Å². The van der Waals surface area contributed by atoms with Crippen molar-refractivity contribution in [3.63, 3.8) is 0 Å².